The van der Waals surface area contributed by atoms with E-state index in [-0.39, 0.29) is 10.7 Å². The first-order valence-electron chi connectivity index (χ1n) is 10.7. The van der Waals surface area contributed by atoms with Gasteiger partial charge in [-0.3, -0.25) is 14.2 Å². The minimum absolute atomic E-state index is 0.0514. The molecule has 0 spiro atoms. The number of nitrogens with one attached hydrogen (secondary N) is 1. The molecule has 2 heterocycles. The Kier molecular flexibility index (Phi) is 6.75. The van der Waals surface area contributed by atoms with Gasteiger partial charge in [0.1, 0.15) is 10.9 Å². The average molecular weight is 520 g/mol. The van der Waals surface area contributed by atoms with E-state index >= 15 is 0 Å². The van der Waals surface area contributed by atoms with Gasteiger partial charge in [-0.05, 0) is 42.2 Å². The van der Waals surface area contributed by atoms with Crippen LogP contribution in [0.25, 0.3) is 21.3 Å². The highest BCUT2D eigenvalue weighted by Gasteiger charge is 2.31. The monoisotopic (exact) mass is 519 g/mol. The lowest BCUT2D eigenvalue weighted by Crippen LogP contribution is -2.31. The van der Waals surface area contributed by atoms with E-state index in [0.717, 1.165) is 28.3 Å². The van der Waals surface area contributed by atoms with Gasteiger partial charge in [-0.15, -0.1) is 11.3 Å². The van der Waals surface area contributed by atoms with E-state index in [1.807, 2.05) is 29.6 Å². The van der Waals surface area contributed by atoms with E-state index in [1.165, 1.54) is 30.2 Å². The number of benzene rings is 2. The Morgan fingerprint density at radius 3 is 2.43 bits per heavy atom. The molecule has 0 radical (unpaired) electrons. The number of aromatic nitrogens is 2. The van der Waals surface area contributed by atoms with Gasteiger partial charge in [-0.25, -0.2) is 4.98 Å². The summed E-state index contributed by atoms with van der Waals surface area (Å²) in [7, 11) is 0. The Balaban J connectivity index is 1.68. The van der Waals surface area contributed by atoms with Crippen LogP contribution >= 0.6 is 22.9 Å². The molecule has 2 aromatic carbocycles. The van der Waals surface area contributed by atoms with Gasteiger partial charge in [0.15, 0.2) is 0 Å². The maximum Gasteiger partial charge on any atom is 0.416 e. The summed E-state index contributed by atoms with van der Waals surface area (Å²) >= 11 is 7.32. The molecule has 182 valence electrons. The maximum absolute atomic E-state index is 13.4. The number of halogens is 4. The summed E-state index contributed by atoms with van der Waals surface area (Å²) in [5.41, 5.74) is 1.17. The molecule has 5 nitrogen and oxygen atoms in total. The van der Waals surface area contributed by atoms with Gasteiger partial charge in [0.2, 0.25) is 5.91 Å². The molecule has 2 aromatic heterocycles. The largest absolute Gasteiger partial charge is 0.416 e. The van der Waals surface area contributed by atoms with E-state index in [0.29, 0.717) is 21.7 Å². The molecule has 0 aliphatic rings. The molecule has 0 aliphatic heterocycles. The van der Waals surface area contributed by atoms with E-state index in [2.05, 4.69) is 24.1 Å². The molecule has 1 atom stereocenters. The zero-order chi connectivity index (χ0) is 25.5. The molecule has 1 unspecified atom stereocenters. The molecule has 35 heavy (non-hydrogen) atoms. The predicted octanol–water partition coefficient (Wildman–Crippen LogP) is 7.12. The molecular weight excluding hydrogens is 499 g/mol. The first-order chi connectivity index (χ1) is 16.5. The predicted molar refractivity (Wildman–Crippen MR) is 133 cm³/mol. The van der Waals surface area contributed by atoms with Crippen LogP contribution in [0.2, 0.25) is 5.02 Å². The van der Waals surface area contributed by atoms with Crippen LogP contribution in [-0.2, 0) is 11.0 Å². The summed E-state index contributed by atoms with van der Waals surface area (Å²) in [6.45, 7) is 5.66. The van der Waals surface area contributed by atoms with E-state index in [9.17, 15) is 22.8 Å². The number of alkyl halides is 3. The Labute approximate surface area is 208 Å². The number of anilines is 1. The second kappa shape index (κ2) is 9.47. The molecule has 0 saturated heterocycles. The summed E-state index contributed by atoms with van der Waals surface area (Å²) < 4.78 is 40.4. The number of hydrogen-bond donors (Lipinski definition) is 1. The van der Waals surface area contributed by atoms with Gasteiger partial charge >= 0.3 is 6.18 Å². The first-order valence-corrected chi connectivity index (χ1v) is 12.0. The van der Waals surface area contributed by atoms with Crippen molar-refractivity contribution in [3.63, 3.8) is 0 Å². The van der Waals surface area contributed by atoms with Crippen molar-refractivity contribution in [3.8, 4) is 11.1 Å². The zero-order valence-corrected chi connectivity index (χ0v) is 20.6. The highest BCUT2D eigenvalue weighted by atomic mass is 35.5. The van der Waals surface area contributed by atoms with Crippen molar-refractivity contribution in [3.05, 3.63) is 80.7 Å². The summed E-state index contributed by atoms with van der Waals surface area (Å²) in [5, 5.41) is 4.58. The number of carbonyl (C=O) groups is 1. The minimum Gasteiger partial charge on any atom is -0.323 e. The lowest BCUT2D eigenvalue weighted by Gasteiger charge is -2.17. The summed E-state index contributed by atoms with van der Waals surface area (Å²) in [6, 6.07) is 9.50. The molecule has 4 rings (SSSR count). The Morgan fingerprint density at radius 1 is 1.11 bits per heavy atom. The van der Waals surface area contributed by atoms with Crippen molar-refractivity contribution in [2.75, 3.05) is 5.32 Å². The fourth-order valence-electron chi connectivity index (χ4n) is 3.64. The molecule has 1 N–H and O–H groups in total. The number of amides is 1. The van der Waals surface area contributed by atoms with Crippen LogP contribution in [0.4, 0.5) is 18.9 Å². The van der Waals surface area contributed by atoms with Crippen LogP contribution in [-0.4, -0.2) is 15.5 Å². The van der Waals surface area contributed by atoms with Gasteiger partial charge in [0.05, 0.1) is 28.0 Å². The normalized spacial score (nSPS) is 12.8. The molecule has 0 fully saturated rings. The van der Waals surface area contributed by atoms with E-state index in [1.54, 1.807) is 0 Å². The van der Waals surface area contributed by atoms with Crippen molar-refractivity contribution in [2.45, 2.75) is 38.9 Å². The van der Waals surface area contributed by atoms with Crippen LogP contribution in [0.15, 0.2) is 59.0 Å². The van der Waals surface area contributed by atoms with Crippen molar-refractivity contribution in [1.82, 2.24) is 9.55 Å². The van der Waals surface area contributed by atoms with Gasteiger partial charge in [0.25, 0.3) is 5.56 Å². The van der Waals surface area contributed by atoms with Gasteiger partial charge in [-0.1, -0.05) is 49.7 Å². The van der Waals surface area contributed by atoms with Gasteiger partial charge < -0.3 is 5.32 Å². The van der Waals surface area contributed by atoms with Crippen LogP contribution in [0.3, 0.4) is 0 Å². The lowest BCUT2D eigenvalue weighted by molar-refractivity contribution is -0.137. The molecule has 10 heteroatoms. The van der Waals surface area contributed by atoms with Gasteiger partial charge in [-0.2, -0.15) is 13.2 Å². The van der Waals surface area contributed by atoms with Crippen molar-refractivity contribution < 1.29 is 18.0 Å². The molecule has 1 amide bonds. The molecule has 4 aromatic rings. The standard InChI is InChI=1S/C25H21ClF3N3O2S/c1-13(2)15-4-6-16(7-5-15)18-11-35-23-21(18)24(34)32(12-30-23)14(3)22(33)31-20-10-17(25(27,28)29)8-9-19(20)26/h4-14H,1-3H3,(H,31,33). The Bertz CT molecular complexity index is 1460. The summed E-state index contributed by atoms with van der Waals surface area (Å²) in [4.78, 5) is 31.1. The van der Waals surface area contributed by atoms with E-state index in [4.69, 9.17) is 11.6 Å². The number of rotatable bonds is 5. The third kappa shape index (κ3) is 4.97. The smallest absolute Gasteiger partial charge is 0.323 e. The highest BCUT2D eigenvalue weighted by molar-refractivity contribution is 7.17. The number of thiophene rings is 1. The molecule has 0 bridgehead atoms. The SMILES string of the molecule is CC(C)c1ccc(-c2csc3ncn(C(C)C(=O)Nc4cc(C(F)(F)F)ccc4Cl)c(=O)c23)cc1. The highest BCUT2D eigenvalue weighted by Crippen LogP contribution is 2.34. The van der Waals surface area contributed by atoms with Crippen LogP contribution in [0.5, 0.6) is 0 Å². The van der Waals surface area contributed by atoms with Crippen molar-refractivity contribution in [1.29, 1.82) is 0 Å². The number of nitrogens with zero attached hydrogens (tertiary/aromatic N) is 2. The van der Waals surface area contributed by atoms with Crippen molar-refractivity contribution >= 4 is 44.7 Å². The first kappa shape index (κ1) is 24.9. The Morgan fingerprint density at radius 2 is 1.80 bits per heavy atom. The number of fused-ring (bicyclic) bond motifs is 1. The second-order valence-electron chi connectivity index (χ2n) is 8.42. The quantitative estimate of drug-likeness (QED) is 0.305. The summed E-state index contributed by atoms with van der Waals surface area (Å²) in [5.74, 6) is -0.334. The maximum atomic E-state index is 13.4. The van der Waals surface area contributed by atoms with Crippen LogP contribution in [0, 0.1) is 0 Å². The third-order valence-corrected chi connectivity index (χ3v) is 6.97. The topological polar surface area (TPSA) is 64.0 Å². The number of carbonyl (C=O) groups excluding carboxylic acids is 1. The second-order valence-corrected chi connectivity index (χ2v) is 9.69. The molecular formula is C25H21ClF3N3O2S. The number of hydrogen-bond acceptors (Lipinski definition) is 4. The fraction of sp³-hybridized carbons (Fsp3) is 0.240. The zero-order valence-electron chi connectivity index (χ0n) is 19.0. The van der Waals surface area contributed by atoms with E-state index < -0.39 is 29.2 Å². The Hall–Kier alpha value is -3.17. The van der Waals surface area contributed by atoms with Crippen LogP contribution in [0.1, 0.15) is 43.9 Å². The van der Waals surface area contributed by atoms with Gasteiger partial charge in [0, 0.05) is 10.9 Å². The minimum atomic E-state index is -4.59. The van der Waals surface area contributed by atoms with Crippen LogP contribution < -0.4 is 10.9 Å². The third-order valence-electron chi connectivity index (χ3n) is 5.76. The molecule has 0 aliphatic carbocycles. The lowest BCUT2D eigenvalue weighted by atomic mass is 9.99. The average Bonchev–Trinajstić information content (AvgIpc) is 3.24. The molecule has 0 saturated carbocycles. The van der Waals surface area contributed by atoms with Crippen molar-refractivity contribution in [2.24, 2.45) is 0 Å². The fourth-order valence-corrected chi connectivity index (χ4v) is 4.71. The summed E-state index contributed by atoms with van der Waals surface area (Å²) in [6.07, 6.45) is -3.32.